The van der Waals surface area contributed by atoms with Crippen molar-refractivity contribution in [2.45, 2.75) is 17.9 Å². The van der Waals surface area contributed by atoms with Gasteiger partial charge in [-0.3, -0.25) is 9.52 Å². The van der Waals surface area contributed by atoms with Gasteiger partial charge in [-0.15, -0.1) is 0 Å². The van der Waals surface area contributed by atoms with Gasteiger partial charge in [0.15, 0.2) is 0 Å². The number of sulfonamides is 1. The van der Waals surface area contributed by atoms with Crippen LogP contribution in [-0.4, -0.2) is 29.1 Å². The zero-order valence-electron chi connectivity index (χ0n) is 14.8. The summed E-state index contributed by atoms with van der Waals surface area (Å²) in [6.07, 6.45) is 2.80. The fraction of sp³-hybridized carbons (Fsp3) is 0.111. The zero-order valence-corrected chi connectivity index (χ0v) is 15.6. The van der Waals surface area contributed by atoms with Gasteiger partial charge < -0.3 is 5.32 Å². The number of carbonyl (C=O) groups is 1. The molecule has 142 valence electrons. The molecule has 0 saturated carbocycles. The third-order valence-corrected chi connectivity index (χ3v) is 5.31. The lowest BCUT2D eigenvalue weighted by Gasteiger charge is -2.13. The van der Waals surface area contributed by atoms with Crippen LogP contribution < -0.4 is 10.0 Å². The quantitative estimate of drug-likeness (QED) is 0.657. The molecule has 1 aromatic heterocycles. The van der Waals surface area contributed by atoms with Gasteiger partial charge in [0.25, 0.3) is 10.0 Å². The molecule has 3 aromatic rings. The fourth-order valence-electron chi connectivity index (χ4n) is 2.33. The van der Waals surface area contributed by atoms with E-state index in [4.69, 9.17) is 5.26 Å². The van der Waals surface area contributed by atoms with Gasteiger partial charge in [0.1, 0.15) is 18.7 Å². The minimum Gasteiger partial charge on any atom is -0.324 e. The number of nitrogens with one attached hydrogen (secondary N) is 2. The molecule has 0 radical (unpaired) electrons. The average Bonchev–Trinajstić information content (AvgIpc) is 3.23. The Hall–Kier alpha value is -3.71. The van der Waals surface area contributed by atoms with Gasteiger partial charge in [0, 0.05) is 11.4 Å². The van der Waals surface area contributed by atoms with E-state index in [9.17, 15) is 13.2 Å². The highest BCUT2D eigenvalue weighted by Gasteiger charge is 2.16. The third-order valence-electron chi connectivity index (χ3n) is 3.91. The lowest BCUT2D eigenvalue weighted by atomic mass is 10.2. The van der Waals surface area contributed by atoms with E-state index in [1.165, 1.54) is 53.7 Å². The van der Waals surface area contributed by atoms with Crippen LogP contribution >= 0.6 is 0 Å². The Bertz CT molecular complexity index is 1100. The summed E-state index contributed by atoms with van der Waals surface area (Å²) in [4.78, 5) is 16.1. The number of rotatable bonds is 6. The normalized spacial score (nSPS) is 12.0. The molecule has 0 aliphatic rings. The van der Waals surface area contributed by atoms with Gasteiger partial charge in [-0.05, 0) is 55.5 Å². The van der Waals surface area contributed by atoms with E-state index in [2.05, 4.69) is 20.1 Å². The molecule has 1 atom stereocenters. The topological polar surface area (TPSA) is 130 Å². The molecule has 10 heteroatoms. The van der Waals surface area contributed by atoms with Crippen molar-refractivity contribution in [1.82, 2.24) is 14.8 Å². The molecular formula is C18H16N6O3S. The molecule has 0 aliphatic carbocycles. The van der Waals surface area contributed by atoms with Crippen molar-refractivity contribution in [3.8, 4) is 6.07 Å². The van der Waals surface area contributed by atoms with Crippen molar-refractivity contribution in [1.29, 1.82) is 5.26 Å². The van der Waals surface area contributed by atoms with Gasteiger partial charge in [-0.1, -0.05) is 0 Å². The van der Waals surface area contributed by atoms with E-state index < -0.39 is 16.1 Å². The molecule has 2 aromatic carbocycles. The Kier molecular flexibility index (Phi) is 5.37. The van der Waals surface area contributed by atoms with E-state index in [0.717, 1.165) is 0 Å². The first-order chi connectivity index (χ1) is 13.4. The number of benzene rings is 2. The molecule has 0 saturated heterocycles. The van der Waals surface area contributed by atoms with Gasteiger partial charge in [0.05, 0.1) is 16.5 Å². The lowest BCUT2D eigenvalue weighted by molar-refractivity contribution is -0.119. The van der Waals surface area contributed by atoms with Crippen LogP contribution in [0.5, 0.6) is 0 Å². The summed E-state index contributed by atoms with van der Waals surface area (Å²) in [7, 11) is -3.78. The van der Waals surface area contributed by atoms with Crippen LogP contribution in [0.25, 0.3) is 0 Å². The molecule has 1 amide bonds. The van der Waals surface area contributed by atoms with Gasteiger partial charge >= 0.3 is 0 Å². The molecule has 28 heavy (non-hydrogen) atoms. The summed E-state index contributed by atoms with van der Waals surface area (Å²) in [6.45, 7) is 1.68. The largest absolute Gasteiger partial charge is 0.324 e. The lowest BCUT2D eigenvalue weighted by Crippen LogP contribution is -2.24. The maximum Gasteiger partial charge on any atom is 0.261 e. The highest BCUT2D eigenvalue weighted by atomic mass is 32.2. The summed E-state index contributed by atoms with van der Waals surface area (Å²) < 4.78 is 28.7. The zero-order chi connectivity index (χ0) is 20.1. The van der Waals surface area contributed by atoms with Crippen molar-refractivity contribution < 1.29 is 13.2 Å². The van der Waals surface area contributed by atoms with Crippen LogP contribution in [0.1, 0.15) is 18.5 Å². The predicted molar refractivity (Wildman–Crippen MR) is 102 cm³/mol. The molecule has 0 fully saturated rings. The van der Waals surface area contributed by atoms with E-state index in [-0.39, 0.29) is 10.8 Å². The first-order valence-corrected chi connectivity index (χ1v) is 9.65. The van der Waals surface area contributed by atoms with Crippen LogP contribution in [-0.2, 0) is 14.8 Å². The molecular weight excluding hydrogens is 380 g/mol. The maximum absolute atomic E-state index is 12.4. The molecule has 9 nitrogen and oxygen atoms in total. The summed E-state index contributed by atoms with van der Waals surface area (Å²) in [5.74, 6) is -0.281. The molecule has 2 N–H and O–H groups in total. The summed E-state index contributed by atoms with van der Waals surface area (Å²) in [6, 6.07) is 13.2. The van der Waals surface area contributed by atoms with Crippen LogP contribution in [0.2, 0.25) is 0 Å². The van der Waals surface area contributed by atoms with Crippen molar-refractivity contribution >= 4 is 27.3 Å². The Balaban J connectivity index is 1.67. The summed E-state index contributed by atoms with van der Waals surface area (Å²) in [5, 5.41) is 15.4. The van der Waals surface area contributed by atoms with Crippen LogP contribution in [0, 0.1) is 11.3 Å². The number of nitriles is 1. The van der Waals surface area contributed by atoms with Gasteiger partial charge in [-0.25, -0.2) is 18.1 Å². The second-order valence-corrected chi connectivity index (χ2v) is 7.54. The summed E-state index contributed by atoms with van der Waals surface area (Å²) in [5.41, 5.74) is 1.23. The Morgan fingerprint density at radius 2 is 1.75 bits per heavy atom. The Labute approximate surface area is 161 Å². The van der Waals surface area contributed by atoms with E-state index >= 15 is 0 Å². The number of anilines is 2. The number of amides is 1. The van der Waals surface area contributed by atoms with Crippen LogP contribution in [0.3, 0.4) is 0 Å². The first kappa shape index (κ1) is 19.1. The minimum absolute atomic E-state index is 0.0468. The molecule has 0 bridgehead atoms. The third kappa shape index (κ3) is 4.33. The Morgan fingerprint density at radius 1 is 1.11 bits per heavy atom. The van der Waals surface area contributed by atoms with E-state index in [1.54, 1.807) is 19.1 Å². The Morgan fingerprint density at radius 3 is 2.32 bits per heavy atom. The van der Waals surface area contributed by atoms with Crippen LogP contribution in [0.15, 0.2) is 66.1 Å². The fourth-order valence-corrected chi connectivity index (χ4v) is 3.39. The number of carbonyl (C=O) groups excluding carboxylic acids is 1. The number of nitrogens with zero attached hydrogens (tertiary/aromatic N) is 4. The average molecular weight is 396 g/mol. The highest BCUT2D eigenvalue weighted by molar-refractivity contribution is 7.92. The van der Waals surface area contributed by atoms with Gasteiger partial charge in [-0.2, -0.15) is 10.4 Å². The second-order valence-electron chi connectivity index (χ2n) is 5.86. The van der Waals surface area contributed by atoms with Gasteiger partial charge in [0.2, 0.25) is 5.91 Å². The minimum atomic E-state index is -3.78. The monoisotopic (exact) mass is 396 g/mol. The summed E-state index contributed by atoms with van der Waals surface area (Å²) >= 11 is 0. The van der Waals surface area contributed by atoms with E-state index in [0.29, 0.717) is 16.9 Å². The molecule has 0 aliphatic heterocycles. The van der Waals surface area contributed by atoms with Crippen LogP contribution in [0.4, 0.5) is 11.4 Å². The van der Waals surface area contributed by atoms with Crippen molar-refractivity contribution in [2.75, 3.05) is 10.0 Å². The number of hydrogen-bond donors (Lipinski definition) is 2. The highest BCUT2D eigenvalue weighted by Crippen LogP contribution is 2.19. The SMILES string of the molecule is CC(C(=O)Nc1ccc(NS(=O)(=O)c2ccc(C#N)cc2)cc1)n1cncn1. The molecule has 1 heterocycles. The smallest absolute Gasteiger partial charge is 0.261 e. The van der Waals surface area contributed by atoms with Crippen molar-refractivity contribution in [2.24, 2.45) is 0 Å². The molecule has 1 unspecified atom stereocenters. The van der Waals surface area contributed by atoms with Crippen molar-refractivity contribution in [3.63, 3.8) is 0 Å². The standard InChI is InChI=1S/C18H16N6O3S/c1-13(24-12-20-11-21-24)18(25)22-15-4-6-16(7-5-15)23-28(26,27)17-8-2-14(10-19)3-9-17/h2-9,11-13,23H,1H3,(H,22,25). The number of hydrogen-bond acceptors (Lipinski definition) is 6. The molecule has 0 spiro atoms. The predicted octanol–water partition coefficient (Wildman–Crippen LogP) is 2.15. The maximum atomic E-state index is 12.4. The second kappa shape index (κ2) is 7.89. The molecule has 3 rings (SSSR count). The first-order valence-electron chi connectivity index (χ1n) is 8.17. The van der Waals surface area contributed by atoms with E-state index in [1.807, 2.05) is 6.07 Å². The number of aromatic nitrogens is 3. The van der Waals surface area contributed by atoms with Crippen molar-refractivity contribution in [3.05, 3.63) is 66.7 Å².